The monoisotopic (exact) mass is 216 g/mol. The van der Waals surface area contributed by atoms with Gasteiger partial charge in [0.05, 0.1) is 0 Å². The predicted octanol–water partition coefficient (Wildman–Crippen LogP) is 3.20. The van der Waals surface area contributed by atoms with Crippen molar-refractivity contribution in [1.82, 2.24) is 0 Å². The van der Waals surface area contributed by atoms with Crippen molar-refractivity contribution in [3.05, 3.63) is 12.7 Å². The molecule has 0 amide bonds. The van der Waals surface area contributed by atoms with Crippen LogP contribution in [0.25, 0.3) is 0 Å². The maximum absolute atomic E-state index is 11.8. The number of hydrogen-bond acceptors (Lipinski definition) is 0. The third-order valence-corrected chi connectivity index (χ3v) is 2.20. The largest absolute Gasteiger partial charge is 0.250 e. The van der Waals surface area contributed by atoms with E-state index in [1.165, 1.54) is 0 Å². The molecule has 0 aliphatic heterocycles. The first-order valence-corrected chi connectivity index (χ1v) is 5.33. The molecule has 2 atom stereocenters. The third-order valence-electron chi connectivity index (χ3n) is 2.20. The average molecular weight is 216 g/mol. The Labute approximate surface area is 98.3 Å². The fourth-order valence-electron chi connectivity index (χ4n) is 1.18. The third kappa shape index (κ3) is 6.75. The van der Waals surface area contributed by atoms with Gasteiger partial charge in [-0.2, -0.15) is 0 Å². The highest BCUT2D eigenvalue weighted by Crippen LogP contribution is 2.17. The standard InChI is InChI=1S/C15H17F/c1-4-6-8-12-15(5-2)14(3)11-9-7-10-13-16/h2,4,14-15H,1,10-13H2,3H3. The van der Waals surface area contributed by atoms with Gasteiger partial charge in [-0.1, -0.05) is 25.3 Å². The van der Waals surface area contributed by atoms with E-state index < -0.39 is 0 Å². The van der Waals surface area contributed by atoms with Crippen molar-refractivity contribution in [2.45, 2.75) is 26.2 Å². The molecule has 0 aromatic rings. The summed E-state index contributed by atoms with van der Waals surface area (Å²) in [5.41, 5.74) is 0. The molecule has 0 nitrogen and oxygen atoms in total. The summed E-state index contributed by atoms with van der Waals surface area (Å²) in [6, 6.07) is 0. The number of halogens is 1. The minimum absolute atomic E-state index is 0.104. The van der Waals surface area contributed by atoms with Gasteiger partial charge >= 0.3 is 0 Å². The molecule has 0 fully saturated rings. The van der Waals surface area contributed by atoms with Crippen LogP contribution in [-0.2, 0) is 0 Å². The number of allylic oxidation sites excluding steroid dienone is 1. The molecule has 0 N–H and O–H groups in total. The molecule has 0 saturated carbocycles. The fourth-order valence-corrected chi connectivity index (χ4v) is 1.18. The number of rotatable bonds is 4. The van der Waals surface area contributed by atoms with Crippen LogP contribution in [0.15, 0.2) is 12.7 Å². The van der Waals surface area contributed by atoms with E-state index in [0.29, 0.717) is 19.3 Å². The lowest BCUT2D eigenvalue weighted by Gasteiger charge is -2.13. The molecule has 0 bridgehead atoms. The van der Waals surface area contributed by atoms with Crippen LogP contribution in [0.4, 0.5) is 4.39 Å². The fraction of sp³-hybridized carbons (Fsp3) is 0.467. The smallest absolute Gasteiger partial charge is 0.100 e. The number of alkyl halides is 1. The van der Waals surface area contributed by atoms with Gasteiger partial charge in [-0.15, -0.1) is 24.2 Å². The van der Waals surface area contributed by atoms with Crippen LogP contribution in [0.5, 0.6) is 0 Å². The van der Waals surface area contributed by atoms with Gasteiger partial charge in [0.2, 0.25) is 0 Å². The van der Waals surface area contributed by atoms with Gasteiger partial charge < -0.3 is 0 Å². The van der Waals surface area contributed by atoms with Crippen LogP contribution >= 0.6 is 0 Å². The molecular weight excluding hydrogens is 199 g/mol. The van der Waals surface area contributed by atoms with E-state index >= 15 is 0 Å². The minimum Gasteiger partial charge on any atom is -0.250 e. The first kappa shape index (κ1) is 14.3. The van der Waals surface area contributed by atoms with Crippen LogP contribution < -0.4 is 0 Å². The van der Waals surface area contributed by atoms with Crippen LogP contribution in [0, 0.1) is 47.9 Å². The van der Waals surface area contributed by atoms with Crippen LogP contribution in [-0.4, -0.2) is 6.67 Å². The molecule has 0 spiro atoms. The Morgan fingerprint density at radius 2 is 2.06 bits per heavy atom. The second-order valence-electron chi connectivity index (χ2n) is 3.48. The Morgan fingerprint density at radius 3 is 2.62 bits per heavy atom. The summed E-state index contributed by atoms with van der Waals surface area (Å²) in [6.07, 6.45) is 8.66. The molecule has 0 saturated heterocycles. The quantitative estimate of drug-likeness (QED) is 0.633. The van der Waals surface area contributed by atoms with E-state index in [2.05, 4.69) is 36.2 Å². The Bertz CT molecular complexity index is 351. The summed E-state index contributed by atoms with van der Waals surface area (Å²) in [5.74, 6) is 14.5. The summed E-state index contributed by atoms with van der Waals surface area (Å²) in [5, 5.41) is 0. The lowest BCUT2D eigenvalue weighted by atomic mass is 9.89. The maximum Gasteiger partial charge on any atom is 0.100 e. The Balaban J connectivity index is 4.12. The van der Waals surface area contributed by atoms with Crippen molar-refractivity contribution in [1.29, 1.82) is 0 Å². The maximum atomic E-state index is 11.8. The molecule has 0 heterocycles. The zero-order chi connectivity index (χ0) is 12.2. The van der Waals surface area contributed by atoms with Gasteiger partial charge in [0.15, 0.2) is 0 Å². The van der Waals surface area contributed by atoms with Gasteiger partial charge in [0.1, 0.15) is 6.67 Å². The van der Waals surface area contributed by atoms with Crippen molar-refractivity contribution < 1.29 is 4.39 Å². The summed E-state index contributed by atoms with van der Waals surface area (Å²) < 4.78 is 11.8. The molecule has 16 heavy (non-hydrogen) atoms. The van der Waals surface area contributed by atoms with Gasteiger partial charge in [0.25, 0.3) is 0 Å². The van der Waals surface area contributed by atoms with Gasteiger partial charge in [-0.05, 0) is 12.0 Å². The number of terminal acetylenes is 1. The molecule has 0 radical (unpaired) electrons. The van der Waals surface area contributed by atoms with E-state index in [1.54, 1.807) is 6.08 Å². The molecule has 0 rings (SSSR count). The SMILES string of the molecule is C#CC(CC#CC=C)C(C)CC#CCCF. The summed E-state index contributed by atoms with van der Waals surface area (Å²) in [7, 11) is 0. The van der Waals surface area contributed by atoms with Crippen molar-refractivity contribution >= 4 is 0 Å². The second kappa shape index (κ2) is 9.89. The summed E-state index contributed by atoms with van der Waals surface area (Å²) in [6.45, 7) is 5.18. The van der Waals surface area contributed by atoms with E-state index in [1.807, 2.05) is 6.92 Å². The highest BCUT2D eigenvalue weighted by Gasteiger charge is 2.12. The molecule has 2 unspecified atom stereocenters. The highest BCUT2D eigenvalue weighted by atomic mass is 19.1. The Morgan fingerprint density at radius 1 is 1.31 bits per heavy atom. The van der Waals surface area contributed by atoms with Gasteiger partial charge in [0, 0.05) is 25.2 Å². The topological polar surface area (TPSA) is 0 Å². The minimum atomic E-state index is -0.384. The average Bonchev–Trinajstić information content (AvgIpc) is 2.30. The second-order valence-corrected chi connectivity index (χ2v) is 3.48. The first-order valence-electron chi connectivity index (χ1n) is 5.33. The summed E-state index contributed by atoms with van der Waals surface area (Å²) >= 11 is 0. The van der Waals surface area contributed by atoms with Crippen LogP contribution in [0.3, 0.4) is 0 Å². The van der Waals surface area contributed by atoms with E-state index in [0.717, 1.165) is 0 Å². The number of hydrogen-bond donors (Lipinski definition) is 0. The van der Waals surface area contributed by atoms with E-state index in [9.17, 15) is 4.39 Å². The van der Waals surface area contributed by atoms with Crippen molar-refractivity contribution in [3.8, 4) is 36.0 Å². The van der Waals surface area contributed by atoms with Crippen molar-refractivity contribution in [2.75, 3.05) is 6.67 Å². The lowest BCUT2D eigenvalue weighted by Crippen LogP contribution is -2.08. The van der Waals surface area contributed by atoms with Crippen LogP contribution in [0.2, 0.25) is 0 Å². The highest BCUT2D eigenvalue weighted by molar-refractivity contribution is 5.15. The zero-order valence-corrected chi connectivity index (χ0v) is 9.72. The molecule has 0 aromatic carbocycles. The molecule has 0 aromatic heterocycles. The molecule has 0 aliphatic rings. The van der Waals surface area contributed by atoms with Crippen LogP contribution in [0.1, 0.15) is 26.2 Å². The van der Waals surface area contributed by atoms with Gasteiger partial charge in [-0.3, -0.25) is 4.39 Å². The van der Waals surface area contributed by atoms with Crippen molar-refractivity contribution in [3.63, 3.8) is 0 Å². The van der Waals surface area contributed by atoms with E-state index in [4.69, 9.17) is 6.42 Å². The van der Waals surface area contributed by atoms with E-state index in [-0.39, 0.29) is 18.5 Å². The lowest BCUT2D eigenvalue weighted by molar-refractivity contribution is 0.460. The molecular formula is C15H17F. The molecule has 0 aliphatic carbocycles. The molecule has 84 valence electrons. The summed E-state index contributed by atoms with van der Waals surface area (Å²) in [4.78, 5) is 0. The zero-order valence-electron chi connectivity index (χ0n) is 9.72. The molecule has 1 heteroatoms. The Kier molecular flexibility index (Phi) is 8.87. The predicted molar refractivity (Wildman–Crippen MR) is 67.1 cm³/mol. The normalized spacial score (nSPS) is 12.1. The van der Waals surface area contributed by atoms with Gasteiger partial charge in [-0.25, -0.2) is 0 Å². The first-order chi connectivity index (χ1) is 7.76. The Hall–Kier alpha value is -1.65. The van der Waals surface area contributed by atoms with Crippen molar-refractivity contribution in [2.24, 2.45) is 11.8 Å².